The Labute approximate surface area is 93.9 Å². The lowest BCUT2D eigenvalue weighted by Gasteiger charge is -2.13. The third kappa shape index (κ3) is 1.61. The van der Waals surface area contributed by atoms with Gasteiger partial charge in [-0.05, 0) is 24.5 Å². The number of hydrogen-bond acceptors (Lipinski definition) is 3. The van der Waals surface area contributed by atoms with Crippen molar-refractivity contribution in [1.29, 1.82) is 0 Å². The highest BCUT2D eigenvalue weighted by atomic mass is 32.1. The molecule has 0 aliphatic heterocycles. The fraction of sp³-hybridized carbons (Fsp3) is 0.417. The van der Waals surface area contributed by atoms with Crippen molar-refractivity contribution >= 4 is 21.6 Å². The van der Waals surface area contributed by atoms with Crippen LogP contribution in [0.3, 0.4) is 0 Å². The molecular weight excluding hydrogens is 206 g/mol. The second kappa shape index (κ2) is 3.81. The van der Waals surface area contributed by atoms with E-state index in [-0.39, 0.29) is 0 Å². The first-order valence-electron chi connectivity index (χ1n) is 5.05. The number of ether oxygens (including phenoxy) is 1. The van der Waals surface area contributed by atoms with Crippen molar-refractivity contribution in [3.63, 3.8) is 0 Å². The van der Waals surface area contributed by atoms with Gasteiger partial charge < -0.3 is 4.74 Å². The van der Waals surface area contributed by atoms with Gasteiger partial charge in [-0.3, -0.25) is 0 Å². The van der Waals surface area contributed by atoms with Crippen molar-refractivity contribution in [3.8, 4) is 5.75 Å². The number of aryl methyl sites for hydroxylation is 1. The molecule has 2 nitrogen and oxygen atoms in total. The molecule has 0 atom stereocenters. The molecule has 0 fully saturated rings. The summed E-state index contributed by atoms with van der Waals surface area (Å²) >= 11 is 1.70. The predicted octanol–water partition coefficient (Wildman–Crippen LogP) is 3.74. The Balaban J connectivity index is 2.83. The lowest BCUT2D eigenvalue weighted by molar-refractivity contribution is 0.408. The molecule has 2 rings (SSSR count). The number of benzene rings is 1. The smallest absolute Gasteiger partial charge is 0.124 e. The molecule has 1 heterocycles. The molecule has 2 aromatic rings. The standard InChI is InChI=1S/C12H15NOS/c1-7(2)10-9(14-4)5-8(3)12-11(10)13-6-15-12/h5-7H,1-4H3. The summed E-state index contributed by atoms with van der Waals surface area (Å²) < 4.78 is 6.71. The van der Waals surface area contributed by atoms with Crippen molar-refractivity contribution in [3.05, 3.63) is 22.7 Å². The molecule has 0 bridgehead atoms. The molecule has 80 valence electrons. The fourth-order valence-corrected chi connectivity index (χ4v) is 2.68. The van der Waals surface area contributed by atoms with Crippen molar-refractivity contribution in [2.24, 2.45) is 0 Å². The van der Waals surface area contributed by atoms with E-state index < -0.39 is 0 Å². The highest BCUT2D eigenvalue weighted by Gasteiger charge is 2.15. The van der Waals surface area contributed by atoms with E-state index >= 15 is 0 Å². The summed E-state index contributed by atoms with van der Waals surface area (Å²) in [6.07, 6.45) is 0. The molecule has 15 heavy (non-hydrogen) atoms. The minimum atomic E-state index is 0.435. The Morgan fingerprint density at radius 1 is 1.40 bits per heavy atom. The number of hydrogen-bond donors (Lipinski definition) is 0. The topological polar surface area (TPSA) is 22.1 Å². The van der Waals surface area contributed by atoms with Gasteiger partial charge in [-0.15, -0.1) is 11.3 Å². The lowest BCUT2D eigenvalue weighted by atomic mass is 9.99. The number of methoxy groups -OCH3 is 1. The molecule has 0 amide bonds. The van der Waals surface area contributed by atoms with E-state index in [0.29, 0.717) is 5.92 Å². The van der Waals surface area contributed by atoms with Crippen LogP contribution in [-0.2, 0) is 0 Å². The highest BCUT2D eigenvalue weighted by molar-refractivity contribution is 7.17. The molecule has 1 aromatic heterocycles. The summed E-state index contributed by atoms with van der Waals surface area (Å²) in [5, 5.41) is 0. The molecule has 1 aromatic carbocycles. The summed E-state index contributed by atoms with van der Waals surface area (Å²) in [4.78, 5) is 4.45. The number of aromatic nitrogens is 1. The fourth-order valence-electron chi connectivity index (χ4n) is 1.90. The number of thiazole rings is 1. The van der Waals surface area contributed by atoms with Crippen LogP contribution in [-0.4, -0.2) is 12.1 Å². The Morgan fingerprint density at radius 3 is 2.73 bits per heavy atom. The Kier molecular flexibility index (Phi) is 2.65. The van der Waals surface area contributed by atoms with Crippen LogP contribution in [0.2, 0.25) is 0 Å². The average Bonchev–Trinajstić information content (AvgIpc) is 2.65. The summed E-state index contributed by atoms with van der Waals surface area (Å²) in [5.41, 5.74) is 5.48. The average molecular weight is 221 g/mol. The molecule has 0 aliphatic rings. The van der Waals surface area contributed by atoms with Gasteiger partial charge in [0.2, 0.25) is 0 Å². The van der Waals surface area contributed by atoms with E-state index in [2.05, 4.69) is 31.8 Å². The SMILES string of the molecule is COc1cc(C)c2scnc2c1C(C)C. The van der Waals surface area contributed by atoms with Crippen LogP contribution in [0.25, 0.3) is 10.2 Å². The van der Waals surface area contributed by atoms with E-state index in [1.54, 1.807) is 18.4 Å². The van der Waals surface area contributed by atoms with E-state index in [1.807, 2.05) is 5.51 Å². The second-order valence-electron chi connectivity index (χ2n) is 3.99. The molecule has 0 N–H and O–H groups in total. The van der Waals surface area contributed by atoms with Crippen molar-refractivity contribution in [1.82, 2.24) is 4.98 Å². The lowest BCUT2D eigenvalue weighted by Crippen LogP contribution is -1.96. The Bertz CT molecular complexity index is 488. The van der Waals surface area contributed by atoms with Gasteiger partial charge >= 0.3 is 0 Å². The van der Waals surface area contributed by atoms with Gasteiger partial charge in [0.15, 0.2) is 0 Å². The largest absolute Gasteiger partial charge is 0.496 e. The third-order valence-corrected chi connectivity index (χ3v) is 3.55. The molecule has 0 aliphatic carbocycles. The molecule has 0 unspecified atom stereocenters. The van der Waals surface area contributed by atoms with Gasteiger partial charge in [-0.25, -0.2) is 4.98 Å². The molecule has 0 spiro atoms. The summed E-state index contributed by atoms with van der Waals surface area (Å²) in [6, 6.07) is 2.11. The van der Waals surface area contributed by atoms with Crippen LogP contribution in [0.4, 0.5) is 0 Å². The van der Waals surface area contributed by atoms with Crippen molar-refractivity contribution in [2.75, 3.05) is 7.11 Å². The van der Waals surface area contributed by atoms with Crippen molar-refractivity contribution in [2.45, 2.75) is 26.7 Å². The first-order valence-corrected chi connectivity index (χ1v) is 5.93. The zero-order valence-electron chi connectivity index (χ0n) is 9.50. The second-order valence-corrected chi connectivity index (χ2v) is 4.85. The molecule has 3 heteroatoms. The molecule has 0 saturated heterocycles. The van der Waals surface area contributed by atoms with Crippen LogP contribution in [0.1, 0.15) is 30.9 Å². The summed E-state index contributed by atoms with van der Waals surface area (Å²) in [6.45, 7) is 6.45. The normalized spacial score (nSPS) is 11.3. The van der Waals surface area contributed by atoms with Crippen LogP contribution < -0.4 is 4.74 Å². The Hall–Kier alpha value is -1.09. The zero-order valence-corrected chi connectivity index (χ0v) is 10.3. The van der Waals surface area contributed by atoms with Gasteiger partial charge in [-0.1, -0.05) is 13.8 Å². The molecule has 0 radical (unpaired) electrons. The predicted molar refractivity (Wildman–Crippen MR) is 65.0 cm³/mol. The molecular formula is C12H15NOS. The van der Waals surface area contributed by atoms with Crippen LogP contribution in [0, 0.1) is 6.92 Å². The quantitative estimate of drug-likeness (QED) is 0.770. The maximum absolute atomic E-state index is 5.43. The minimum Gasteiger partial charge on any atom is -0.496 e. The van der Waals surface area contributed by atoms with Crippen molar-refractivity contribution < 1.29 is 4.74 Å². The van der Waals surface area contributed by atoms with E-state index in [4.69, 9.17) is 4.74 Å². The van der Waals surface area contributed by atoms with Gasteiger partial charge in [0.1, 0.15) is 5.75 Å². The number of fused-ring (bicyclic) bond motifs is 1. The highest BCUT2D eigenvalue weighted by Crippen LogP contribution is 2.36. The van der Waals surface area contributed by atoms with Gasteiger partial charge in [-0.2, -0.15) is 0 Å². The maximum Gasteiger partial charge on any atom is 0.124 e. The molecule has 0 saturated carbocycles. The van der Waals surface area contributed by atoms with E-state index in [9.17, 15) is 0 Å². The minimum absolute atomic E-state index is 0.435. The van der Waals surface area contributed by atoms with E-state index in [1.165, 1.54) is 15.8 Å². The van der Waals surface area contributed by atoms with E-state index in [0.717, 1.165) is 11.3 Å². The first kappa shape index (κ1) is 10.4. The number of rotatable bonds is 2. The monoisotopic (exact) mass is 221 g/mol. The zero-order chi connectivity index (χ0) is 11.0. The Morgan fingerprint density at radius 2 is 2.13 bits per heavy atom. The maximum atomic E-state index is 5.43. The van der Waals surface area contributed by atoms with Gasteiger partial charge in [0, 0.05) is 5.56 Å². The van der Waals surface area contributed by atoms with Crippen LogP contribution in [0.5, 0.6) is 5.75 Å². The summed E-state index contributed by atoms with van der Waals surface area (Å²) in [7, 11) is 1.72. The van der Waals surface area contributed by atoms with Crippen LogP contribution in [0.15, 0.2) is 11.6 Å². The van der Waals surface area contributed by atoms with Gasteiger partial charge in [0.25, 0.3) is 0 Å². The first-order chi connectivity index (χ1) is 7.15. The third-order valence-electron chi connectivity index (χ3n) is 2.59. The summed E-state index contributed by atoms with van der Waals surface area (Å²) in [5.74, 6) is 1.39. The van der Waals surface area contributed by atoms with Crippen LogP contribution >= 0.6 is 11.3 Å². The van der Waals surface area contributed by atoms with Gasteiger partial charge in [0.05, 0.1) is 22.8 Å². The number of nitrogens with zero attached hydrogens (tertiary/aromatic N) is 1.